The van der Waals surface area contributed by atoms with E-state index in [-0.39, 0.29) is 5.91 Å². The molecule has 0 fully saturated rings. The Bertz CT molecular complexity index is 410. The number of rotatable bonds is 3. The van der Waals surface area contributed by atoms with E-state index in [0.717, 1.165) is 12.1 Å². The molecule has 0 aliphatic rings. The number of carbonyl (C=O) groups excluding carboxylic acids is 1. The smallest absolute Gasteiger partial charge is 0.273 e. The summed E-state index contributed by atoms with van der Waals surface area (Å²) in [6.45, 7) is 1.67. The van der Waals surface area contributed by atoms with Gasteiger partial charge in [-0.05, 0) is 17.7 Å². The fraction of sp³-hybridized carbons (Fsp3) is 0.273. The lowest BCUT2D eigenvalue weighted by molar-refractivity contribution is -0.137. The van der Waals surface area contributed by atoms with Crippen LogP contribution in [0.2, 0.25) is 0 Å². The lowest BCUT2D eigenvalue weighted by Gasteiger charge is -2.05. The van der Waals surface area contributed by atoms with E-state index in [1.165, 1.54) is 18.3 Å². The molecule has 1 amide bonds. The van der Waals surface area contributed by atoms with Crippen LogP contribution in [0.4, 0.5) is 13.2 Å². The fourth-order valence-electron chi connectivity index (χ4n) is 1.02. The van der Waals surface area contributed by atoms with Gasteiger partial charge in [-0.3, -0.25) is 4.79 Å². The van der Waals surface area contributed by atoms with Gasteiger partial charge in [0.1, 0.15) is 0 Å². The average molecular weight is 244 g/mol. The Balaban J connectivity index is 2.66. The SMILES string of the molecule is CCC(=O)NN=Cc1ccc(C(F)(F)F)cc1. The molecule has 1 aromatic carbocycles. The minimum atomic E-state index is -4.34. The number of carbonyl (C=O) groups is 1. The zero-order valence-corrected chi connectivity index (χ0v) is 9.08. The van der Waals surface area contributed by atoms with Gasteiger partial charge in [0.25, 0.3) is 0 Å². The highest BCUT2D eigenvalue weighted by atomic mass is 19.4. The van der Waals surface area contributed by atoms with Crippen LogP contribution < -0.4 is 5.43 Å². The number of benzene rings is 1. The maximum absolute atomic E-state index is 12.2. The van der Waals surface area contributed by atoms with Gasteiger partial charge in [-0.1, -0.05) is 19.1 Å². The van der Waals surface area contributed by atoms with Crippen LogP contribution in [0.1, 0.15) is 24.5 Å². The van der Waals surface area contributed by atoms with Crippen molar-refractivity contribution in [3.8, 4) is 0 Å². The molecule has 0 radical (unpaired) electrons. The fourth-order valence-corrected chi connectivity index (χ4v) is 1.02. The Labute approximate surface area is 96.3 Å². The molecule has 0 spiro atoms. The van der Waals surface area contributed by atoms with Crippen molar-refractivity contribution in [3.05, 3.63) is 35.4 Å². The van der Waals surface area contributed by atoms with Crippen molar-refractivity contribution >= 4 is 12.1 Å². The van der Waals surface area contributed by atoms with E-state index in [2.05, 4.69) is 10.5 Å². The quantitative estimate of drug-likeness (QED) is 0.644. The van der Waals surface area contributed by atoms with Gasteiger partial charge in [0.05, 0.1) is 11.8 Å². The number of hydrogen-bond donors (Lipinski definition) is 1. The minimum absolute atomic E-state index is 0.256. The van der Waals surface area contributed by atoms with Crippen molar-refractivity contribution in [1.29, 1.82) is 0 Å². The topological polar surface area (TPSA) is 41.5 Å². The molecule has 92 valence electrons. The van der Waals surface area contributed by atoms with Crippen LogP contribution >= 0.6 is 0 Å². The van der Waals surface area contributed by atoms with Gasteiger partial charge in [-0.2, -0.15) is 18.3 Å². The van der Waals surface area contributed by atoms with Crippen molar-refractivity contribution in [2.24, 2.45) is 5.10 Å². The summed E-state index contributed by atoms with van der Waals surface area (Å²) in [5, 5.41) is 3.60. The molecule has 3 nitrogen and oxygen atoms in total. The maximum Gasteiger partial charge on any atom is 0.416 e. The predicted molar refractivity (Wildman–Crippen MR) is 57.5 cm³/mol. The van der Waals surface area contributed by atoms with E-state index in [4.69, 9.17) is 0 Å². The number of amides is 1. The van der Waals surface area contributed by atoms with E-state index in [0.29, 0.717) is 12.0 Å². The Kier molecular flexibility index (Phi) is 4.25. The zero-order valence-electron chi connectivity index (χ0n) is 9.08. The van der Waals surface area contributed by atoms with Crippen LogP contribution in [0, 0.1) is 0 Å². The summed E-state index contributed by atoms with van der Waals surface area (Å²) < 4.78 is 36.7. The molecule has 6 heteroatoms. The minimum Gasteiger partial charge on any atom is -0.273 e. The van der Waals surface area contributed by atoms with Gasteiger partial charge in [0.2, 0.25) is 5.91 Å². The lowest BCUT2D eigenvalue weighted by atomic mass is 10.1. The van der Waals surface area contributed by atoms with Crippen molar-refractivity contribution in [2.75, 3.05) is 0 Å². The summed E-state index contributed by atoms with van der Waals surface area (Å²) in [5.41, 5.74) is 2.00. The summed E-state index contributed by atoms with van der Waals surface area (Å²) in [6, 6.07) is 4.49. The van der Waals surface area contributed by atoms with Gasteiger partial charge in [-0.25, -0.2) is 5.43 Å². The van der Waals surface area contributed by atoms with Gasteiger partial charge in [-0.15, -0.1) is 0 Å². The van der Waals surface area contributed by atoms with Crippen LogP contribution in [-0.4, -0.2) is 12.1 Å². The maximum atomic E-state index is 12.2. The number of halogens is 3. The number of hydrazone groups is 1. The Morgan fingerprint density at radius 3 is 2.41 bits per heavy atom. The van der Waals surface area contributed by atoms with Gasteiger partial charge in [0.15, 0.2) is 0 Å². The standard InChI is InChI=1S/C11H11F3N2O/c1-2-10(17)16-15-7-8-3-5-9(6-4-8)11(12,13)14/h3-7H,2H2,1H3,(H,16,17). The summed E-state index contributed by atoms with van der Waals surface area (Å²) in [7, 11) is 0. The van der Waals surface area contributed by atoms with Crippen molar-refractivity contribution < 1.29 is 18.0 Å². The van der Waals surface area contributed by atoms with Crippen molar-refractivity contribution in [3.63, 3.8) is 0 Å². The van der Waals surface area contributed by atoms with Crippen LogP contribution in [0.3, 0.4) is 0 Å². The molecule has 0 aromatic heterocycles. The molecule has 1 aromatic rings. The van der Waals surface area contributed by atoms with Crippen molar-refractivity contribution in [1.82, 2.24) is 5.43 Å². The molecule has 0 bridgehead atoms. The predicted octanol–water partition coefficient (Wildman–Crippen LogP) is 2.57. The van der Waals surface area contributed by atoms with Crippen molar-refractivity contribution in [2.45, 2.75) is 19.5 Å². The summed E-state index contributed by atoms with van der Waals surface area (Å²) in [5.74, 6) is -0.256. The molecule has 0 aliphatic carbocycles. The Morgan fingerprint density at radius 2 is 1.94 bits per heavy atom. The Hall–Kier alpha value is -1.85. The summed E-state index contributed by atoms with van der Waals surface area (Å²) >= 11 is 0. The molecular weight excluding hydrogens is 233 g/mol. The zero-order chi connectivity index (χ0) is 12.9. The molecule has 0 saturated heterocycles. The van der Waals surface area contributed by atoms with E-state index in [1.807, 2.05) is 0 Å². The highest BCUT2D eigenvalue weighted by Gasteiger charge is 2.29. The number of alkyl halides is 3. The second-order valence-corrected chi connectivity index (χ2v) is 3.27. The average Bonchev–Trinajstić information content (AvgIpc) is 2.28. The molecule has 0 saturated carbocycles. The Morgan fingerprint density at radius 1 is 1.35 bits per heavy atom. The first-order valence-corrected chi connectivity index (χ1v) is 4.92. The molecular formula is C11H11F3N2O. The van der Waals surface area contributed by atoms with E-state index >= 15 is 0 Å². The van der Waals surface area contributed by atoms with Crippen LogP contribution in [0.5, 0.6) is 0 Å². The van der Waals surface area contributed by atoms with Crippen LogP contribution in [0.25, 0.3) is 0 Å². The van der Waals surface area contributed by atoms with E-state index in [1.54, 1.807) is 6.92 Å². The highest BCUT2D eigenvalue weighted by Crippen LogP contribution is 2.28. The molecule has 0 aliphatic heterocycles. The second-order valence-electron chi connectivity index (χ2n) is 3.27. The molecule has 0 atom stereocenters. The van der Waals surface area contributed by atoms with Gasteiger partial charge >= 0.3 is 6.18 Å². The van der Waals surface area contributed by atoms with Gasteiger partial charge < -0.3 is 0 Å². The molecule has 17 heavy (non-hydrogen) atoms. The molecule has 0 heterocycles. The first-order valence-electron chi connectivity index (χ1n) is 4.92. The highest BCUT2D eigenvalue weighted by molar-refractivity contribution is 5.82. The first kappa shape index (κ1) is 13.2. The molecule has 0 unspecified atom stereocenters. The molecule has 1 rings (SSSR count). The third-order valence-electron chi connectivity index (χ3n) is 1.96. The van der Waals surface area contributed by atoms with Crippen LogP contribution in [-0.2, 0) is 11.0 Å². The van der Waals surface area contributed by atoms with E-state index < -0.39 is 11.7 Å². The third-order valence-corrected chi connectivity index (χ3v) is 1.96. The largest absolute Gasteiger partial charge is 0.416 e. The number of hydrogen-bond acceptors (Lipinski definition) is 2. The van der Waals surface area contributed by atoms with Gasteiger partial charge in [0, 0.05) is 6.42 Å². The van der Waals surface area contributed by atoms with Crippen LogP contribution in [0.15, 0.2) is 29.4 Å². The first-order chi connectivity index (χ1) is 7.93. The van der Waals surface area contributed by atoms with E-state index in [9.17, 15) is 18.0 Å². The molecule has 1 N–H and O–H groups in total. The third kappa shape index (κ3) is 4.26. The summed E-state index contributed by atoms with van der Waals surface area (Å²) in [6.07, 6.45) is -2.76. The summed E-state index contributed by atoms with van der Waals surface area (Å²) in [4.78, 5) is 10.8. The number of nitrogens with one attached hydrogen (secondary N) is 1. The lowest BCUT2D eigenvalue weighted by Crippen LogP contribution is -2.15. The number of nitrogens with zero attached hydrogens (tertiary/aromatic N) is 1. The second kappa shape index (κ2) is 5.47. The normalized spacial score (nSPS) is 11.8. The monoisotopic (exact) mass is 244 g/mol.